The predicted molar refractivity (Wildman–Crippen MR) is 76.6 cm³/mol. The van der Waals surface area contributed by atoms with Gasteiger partial charge in [-0.3, -0.25) is 9.20 Å². The van der Waals surface area contributed by atoms with Gasteiger partial charge in [0.05, 0.1) is 12.3 Å². The number of hydrogen-bond acceptors (Lipinski definition) is 4. The molecule has 0 radical (unpaired) electrons. The minimum Gasteiger partial charge on any atom is -0.383 e. The summed E-state index contributed by atoms with van der Waals surface area (Å²) in [5.74, 6) is -0.189. The van der Waals surface area contributed by atoms with Crippen LogP contribution >= 0.6 is 22.9 Å². The zero-order valence-electron chi connectivity index (χ0n) is 10.6. The minimum atomic E-state index is -0.189. The molecule has 2 aromatic rings. The predicted octanol–water partition coefficient (Wildman–Crippen LogP) is 2.21. The molecule has 1 atom stereocenters. The lowest BCUT2D eigenvalue weighted by atomic mass is 10.3. The van der Waals surface area contributed by atoms with Gasteiger partial charge in [-0.15, -0.1) is 11.3 Å². The summed E-state index contributed by atoms with van der Waals surface area (Å²) in [7, 11) is 1.60. The van der Waals surface area contributed by atoms with E-state index in [1.54, 1.807) is 13.2 Å². The van der Waals surface area contributed by atoms with Crippen molar-refractivity contribution in [2.75, 3.05) is 13.7 Å². The van der Waals surface area contributed by atoms with Gasteiger partial charge in [0, 0.05) is 30.8 Å². The normalized spacial score (nSPS) is 13.2. The molecule has 19 heavy (non-hydrogen) atoms. The molecule has 1 amide bonds. The average Bonchev–Trinajstić information content (AvgIpc) is 2.87. The number of carbonyl (C=O) groups is 1. The zero-order chi connectivity index (χ0) is 13.8. The molecule has 0 fully saturated rings. The number of imidazole rings is 1. The average molecular weight is 300 g/mol. The smallest absolute Gasteiger partial charge is 0.244 e. The summed E-state index contributed by atoms with van der Waals surface area (Å²) >= 11 is 7.51. The first-order valence-electron chi connectivity index (χ1n) is 5.70. The Morgan fingerprint density at radius 1 is 1.74 bits per heavy atom. The van der Waals surface area contributed by atoms with Crippen molar-refractivity contribution in [3.05, 3.63) is 28.5 Å². The molecule has 2 rings (SSSR count). The Labute approximate surface area is 119 Å². The first kappa shape index (κ1) is 14.0. The lowest BCUT2D eigenvalue weighted by Crippen LogP contribution is -2.34. The monoisotopic (exact) mass is 299 g/mol. The molecule has 2 aromatic heterocycles. The molecular formula is C12H14ClN3O2S. The number of ether oxygens (including phenoxy) is 1. The van der Waals surface area contributed by atoms with Crippen LogP contribution in [0.3, 0.4) is 0 Å². The number of fused-ring (bicyclic) bond motifs is 1. The van der Waals surface area contributed by atoms with E-state index >= 15 is 0 Å². The number of methoxy groups -OCH3 is 1. The van der Waals surface area contributed by atoms with Crippen LogP contribution in [0, 0.1) is 0 Å². The number of halogens is 1. The summed E-state index contributed by atoms with van der Waals surface area (Å²) in [5, 5.41) is 5.09. The third-order valence-corrected chi connectivity index (χ3v) is 3.49. The highest BCUT2D eigenvalue weighted by Gasteiger charge is 2.09. The van der Waals surface area contributed by atoms with Crippen LogP contribution < -0.4 is 5.32 Å². The Morgan fingerprint density at radius 2 is 2.53 bits per heavy atom. The highest BCUT2D eigenvalue weighted by molar-refractivity contribution is 7.15. The third-order valence-electron chi connectivity index (χ3n) is 2.45. The van der Waals surface area contributed by atoms with E-state index in [9.17, 15) is 4.79 Å². The minimum absolute atomic E-state index is 0.0378. The fourth-order valence-electron chi connectivity index (χ4n) is 1.66. The van der Waals surface area contributed by atoms with Crippen molar-refractivity contribution in [3.8, 4) is 0 Å². The van der Waals surface area contributed by atoms with Crippen LogP contribution in [0.15, 0.2) is 17.7 Å². The van der Waals surface area contributed by atoms with Crippen LogP contribution in [0.1, 0.15) is 12.6 Å². The number of amides is 1. The van der Waals surface area contributed by atoms with Gasteiger partial charge >= 0.3 is 0 Å². The Hall–Kier alpha value is -1.37. The van der Waals surface area contributed by atoms with Crippen molar-refractivity contribution >= 4 is 39.9 Å². The number of nitrogens with zero attached hydrogens (tertiary/aromatic N) is 2. The topological polar surface area (TPSA) is 55.6 Å². The number of thiazole rings is 1. The summed E-state index contributed by atoms with van der Waals surface area (Å²) in [6, 6.07) is -0.0378. The van der Waals surface area contributed by atoms with Gasteiger partial charge in [-0.05, 0) is 13.0 Å². The summed E-state index contributed by atoms with van der Waals surface area (Å²) in [5.41, 5.74) is 0.701. The zero-order valence-corrected chi connectivity index (χ0v) is 12.2. The molecule has 0 spiro atoms. The van der Waals surface area contributed by atoms with Crippen LogP contribution in [-0.4, -0.2) is 35.1 Å². The van der Waals surface area contributed by atoms with Gasteiger partial charge in [-0.2, -0.15) is 0 Å². The molecule has 1 unspecified atom stereocenters. The second kappa shape index (κ2) is 6.18. The first-order valence-corrected chi connectivity index (χ1v) is 6.96. The number of rotatable bonds is 5. The second-order valence-electron chi connectivity index (χ2n) is 4.04. The van der Waals surface area contributed by atoms with Gasteiger partial charge in [0.1, 0.15) is 0 Å². The summed E-state index contributed by atoms with van der Waals surface area (Å²) in [4.78, 5) is 16.7. The summed E-state index contributed by atoms with van der Waals surface area (Å²) < 4.78 is 6.79. The van der Waals surface area contributed by atoms with Crippen molar-refractivity contribution in [1.82, 2.24) is 14.7 Å². The summed E-state index contributed by atoms with van der Waals surface area (Å²) in [6.07, 6.45) is 4.97. The molecule has 0 saturated carbocycles. The van der Waals surface area contributed by atoms with Crippen molar-refractivity contribution in [2.45, 2.75) is 13.0 Å². The molecule has 0 aliphatic heterocycles. The SMILES string of the molecule is COCC(C)NC(=O)/C=C/c1c(Cl)nc2sccn12. The van der Waals surface area contributed by atoms with E-state index in [1.165, 1.54) is 17.4 Å². The van der Waals surface area contributed by atoms with Gasteiger partial charge in [-0.25, -0.2) is 4.98 Å². The molecule has 0 bridgehead atoms. The third kappa shape index (κ3) is 3.34. The van der Waals surface area contributed by atoms with E-state index in [-0.39, 0.29) is 11.9 Å². The standard InChI is InChI=1S/C12H14ClN3O2S/c1-8(7-18-2)14-10(17)4-3-9-11(13)15-12-16(9)5-6-19-12/h3-6,8H,7H2,1-2H3,(H,14,17)/b4-3+. The lowest BCUT2D eigenvalue weighted by Gasteiger charge is -2.10. The number of nitrogens with one attached hydrogen (secondary N) is 1. The van der Waals surface area contributed by atoms with E-state index in [0.717, 1.165) is 4.96 Å². The van der Waals surface area contributed by atoms with Crippen molar-refractivity contribution in [1.29, 1.82) is 0 Å². The maximum Gasteiger partial charge on any atom is 0.244 e. The van der Waals surface area contributed by atoms with Crippen LogP contribution in [0.4, 0.5) is 0 Å². The van der Waals surface area contributed by atoms with Crippen LogP contribution in [0.25, 0.3) is 11.0 Å². The maximum absolute atomic E-state index is 11.7. The van der Waals surface area contributed by atoms with E-state index in [0.29, 0.717) is 17.5 Å². The molecule has 102 valence electrons. The van der Waals surface area contributed by atoms with Gasteiger partial charge in [0.2, 0.25) is 5.91 Å². The van der Waals surface area contributed by atoms with Crippen LogP contribution in [0.2, 0.25) is 5.15 Å². The van der Waals surface area contributed by atoms with Crippen molar-refractivity contribution in [3.63, 3.8) is 0 Å². The van der Waals surface area contributed by atoms with E-state index in [2.05, 4.69) is 10.3 Å². The molecule has 7 heteroatoms. The maximum atomic E-state index is 11.7. The van der Waals surface area contributed by atoms with Crippen molar-refractivity contribution < 1.29 is 9.53 Å². The quantitative estimate of drug-likeness (QED) is 0.861. The van der Waals surface area contributed by atoms with Crippen molar-refractivity contribution in [2.24, 2.45) is 0 Å². The Morgan fingerprint density at radius 3 is 3.26 bits per heavy atom. The highest BCUT2D eigenvalue weighted by atomic mass is 35.5. The number of aromatic nitrogens is 2. The van der Waals surface area contributed by atoms with Gasteiger partial charge in [0.15, 0.2) is 10.1 Å². The van der Waals surface area contributed by atoms with Gasteiger partial charge in [-0.1, -0.05) is 11.6 Å². The molecule has 0 aliphatic carbocycles. The van der Waals surface area contributed by atoms with Crippen LogP contribution in [-0.2, 0) is 9.53 Å². The van der Waals surface area contributed by atoms with Crippen LogP contribution in [0.5, 0.6) is 0 Å². The molecular weight excluding hydrogens is 286 g/mol. The highest BCUT2D eigenvalue weighted by Crippen LogP contribution is 2.22. The van der Waals surface area contributed by atoms with Gasteiger partial charge in [0.25, 0.3) is 0 Å². The Bertz CT molecular complexity index is 605. The Kier molecular flexibility index (Phi) is 4.57. The lowest BCUT2D eigenvalue weighted by molar-refractivity contribution is -0.117. The molecule has 2 heterocycles. The fourth-order valence-corrected chi connectivity index (χ4v) is 2.67. The number of hydrogen-bond donors (Lipinski definition) is 1. The molecule has 0 saturated heterocycles. The first-order chi connectivity index (χ1) is 9.11. The van der Waals surface area contributed by atoms with Gasteiger partial charge < -0.3 is 10.1 Å². The molecule has 5 nitrogen and oxygen atoms in total. The van der Waals surface area contributed by atoms with E-state index in [1.807, 2.05) is 22.9 Å². The molecule has 1 N–H and O–H groups in total. The molecule has 0 aliphatic rings. The molecule has 0 aromatic carbocycles. The summed E-state index contributed by atoms with van der Waals surface area (Å²) in [6.45, 7) is 2.35. The van der Waals surface area contributed by atoms with E-state index in [4.69, 9.17) is 16.3 Å². The second-order valence-corrected chi connectivity index (χ2v) is 5.27. The Balaban J connectivity index is 2.07. The largest absolute Gasteiger partial charge is 0.383 e. The fraction of sp³-hybridized carbons (Fsp3) is 0.333. The number of carbonyl (C=O) groups excluding carboxylic acids is 1. The van der Waals surface area contributed by atoms with E-state index < -0.39 is 0 Å².